The van der Waals surface area contributed by atoms with Gasteiger partial charge in [0.1, 0.15) is 0 Å². The van der Waals surface area contributed by atoms with Gasteiger partial charge in [-0.3, -0.25) is 0 Å². The Bertz CT molecular complexity index is 359. The first-order valence-electron chi connectivity index (χ1n) is 7.27. The van der Waals surface area contributed by atoms with Gasteiger partial charge in [0.15, 0.2) is 0 Å². The summed E-state index contributed by atoms with van der Waals surface area (Å²) in [7, 11) is 0. The van der Waals surface area contributed by atoms with Gasteiger partial charge in [-0.2, -0.15) is 0 Å². The summed E-state index contributed by atoms with van der Waals surface area (Å²) in [5.74, 6) is 0.486. The van der Waals surface area contributed by atoms with Crippen molar-refractivity contribution in [2.45, 2.75) is 52.9 Å². The molecule has 0 amide bonds. The largest absolute Gasteiger partial charge is 0.462 e. The topological polar surface area (TPSA) is 26.3 Å². The van der Waals surface area contributed by atoms with E-state index >= 15 is 0 Å². The Balaban J connectivity index is 1.96. The maximum atomic E-state index is 11.6. The first kappa shape index (κ1) is 15.7. The third-order valence-electron chi connectivity index (χ3n) is 3.55. The van der Waals surface area contributed by atoms with Crippen molar-refractivity contribution in [3.63, 3.8) is 0 Å². The molecule has 2 nitrogen and oxygen atoms in total. The lowest BCUT2D eigenvalue weighted by atomic mass is 10.0. The minimum atomic E-state index is -0.166. The Hall–Kier alpha value is -1.31. The summed E-state index contributed by atoms with van der Waals surface area (Å²) in [4.78, 5) is 11.6. The van der Waals surface area contributed by atoms with Crippen LogP contribution >= 0.6 is 0 Å². The zero-order chi connectivity index (χ0) is 14.1. The van der Waals surface area contributed by atoms with Gasteiger partial charge in [-0.25, -0.2) is 4.79 Å². The first-order valence-corrected chi connectivity index (χ1v) is 7.27. The number of esters is 1. The molecule has 1 rings (SSSR count). The van der Waals surface area contributed by atoms with E-state index < -0.39 is 0 Å². The van der Waals surface area contributed by atoms with Crippen LogP contribution in [0.5, 0.6) is 0 Å². The Morgan fingerprint density at radius 2 is 1.63 bits per heavy atom. The van der Waals surface area contributed by atoms with E-state index in [1.54, 1.807) is 0 Å². The van der Waals surface area contributed by atoms with Crippen LogP contribution in [0.15, 0.2) is 35.5 Å². The molecule has 1 aliphatic carbocycles. The number of rotatable bonds is 8. The molecular weight excluding hydrogens is 236 g/mol. The molecule has 0 aromatic carbocycles. The number of unbranched alkanes of at least 4 members (excludes halogenated alkanes) is 3. The summed E-state index contributed by atoms with van der Waals surface area (Å²) in [5.41, 5.74) is 1.77. The molecule has 0 saturated heterocycles. The Labute approximate surface area is 117 Å². The van der Waals surface area contributed by atoms with E-state index in [9.17, 15) is 4.79 Å². The van der Waals surface area contributed by atoms with Gasteiger partial charge in [-0.1, -0.05) is 49.1 Å². The highest BCUT2D eigenvalue weighted by atomic mass is 16.5. The van der Waals surface area contributed by atoms with Gasteiger partial charge in [0.25, 0.3) is 0 Å². The lowest BCUT2D eigenvalue weighted by Gasteiger charge is -2.07. The van der Waals surface area contributed by atoms with Crippen molar-refractivity contribution in [3.8, 4) is 0 Å². The molecule has 0 spiro atoms. The predicted molar refractivity (Wildman–Crippen MR) is 79.9 cm³/mol. The smallest absolute Gasteiger partial charge is 0.333 e. The molecule has 106 valence electrons. The maximum Gasteiger partial charge on any atom is 0.333 e. The Morgan fingerprint density at radius 1 is 1.00 bits per heavy atom. The summed E-state index contributed by atoms with van der Waals surface area (Å²) in [5, 5.41) is 0. The first-order chi connectivity index (χ1) is 9.11. The zero-order valence-corrected chi connectivity index (χ0v) is 12.4. The lowest BCUT2D eigenvalue weighted by Crippen LogP contribution is -2.08. The molecule has 0 heterocycles. The number of hydrogen-bond acceptors (Lipinski definition) is 2. The van der Waals surface area contributed by atoms with Crippen molar-refractivity contribution < 1.29 is 9.53 Å². The van der Waals surface area contributed by atoms with Crippen molar-refractivity contribution in [3.05, 3.63) is 35.5 Å². The molecule has 0 aromatic heterocycles. The lowest BCUT2D eigenvalue weighted by molar-refractivity contribution is -0.139. The van der Waals surface area contributed by atoms with E-state index in [1.807, 2.05) is 20.8 Å². The second-order valence-corrected chi connectivity index (χ2v) is 5.40. The molecule has 0 aliphatic heterocycles. The van der Waals surface area contributed by atoms with E-state index in [-0.39, 0.29) is 5.97 Å². The number of carbonyl (C=O) groups is 1. The van der Waals surface area contributed by atoms with E-state index in [2.05, 4.69) is 24.3 Å². The molecule has 0 N–H and O–H groups in total. The molecule has 0 bridgehead atoms. The highest BCUT2D eigenvalue weighted by molar-refractivity contribution is 5.88. The van der Waals surface area contributed by atoms with Gasteiger partial charge in [0.05, 0.1) is 6.61 Å². The third kappa shape index (κ3) is 6.42. The average molecular weight is 262 g/mol. The van der Waals surface area contributed by atoms with Crippen molar-refractivity contribution in [2.24, 2.45) is 5.92 Å². The quantitative estimate of drug-likeness (QED) is 0.363. The van der Waals surface area contributed by atoms with Crippen molar-refractivity contribution >= 4 is 5.97 Å². The van der Waals surface area contributed by atoms with Gasteiger partial charge in [0.2, 0.25) is 0 Å². The zero-order valence-electron chi connectivity index (χ0n) is 12.4. The van der Waals surface area contributed by atoms with Crippen LogP contribution in [0.4, 0.5) is 0 Å². The van der Waals surface area contributed by atoms with Crippen LogP contribution in [0.2, 0.25) is 0 Å². The molecule has 0 radical (unpaired) electrons. The van der Waals surface area contributed by atoms with Gasteiger partial charge >= 0.3 is 5.97 Å². The highest BCUT2D eigenvalue weighted by Crippen LogP contribution is 2.17. The molecule has 0 saturated carbocycles. The minimum absolute atomic E-state index is 0.166. The Morgan fingerprint density at radius 3 is 2.26 bits per heavy atom. The van der Waals surface area contributed by atoms with E-state index in [0.29, 0.717) is 12.5 Å². The van der Waals surface area contributed by atoms with Crippen molar-refractivity contribution in [1.29, 1.82) is 0 Å². The van der Waals surface area contributed by atoms with Crippen LogP contribution in [0.25, 0.3) is 0 Å². The van der Waals surface area contributed by atoms with Crippen LogP contribution < -0.4 is 0 Å². The summed E-state index contributed by atoms with van der Waals surface area (Å²) in [6, 6.07) is 0. The fourth-order valence-electron chi connectivity index (χ4n) is 1.98. The van der Waals surface area contributed by atoms with E-state index in [4.69, 9.17) is 4.74 Å². The molecule has 0 unspecified atom stereocenters. The third-order valence-corrected chi connectivity index (χ3v) is 3.55. The molecule has 0 fully saturated rings. The number of ether oxygens (including phenoxy) is 1. The highest BCUT2D eigenvalue weighted by Gasteiger charge is 2.06. The number of allylic oxidation sites excluding steroid dienone is 5. The molecule has 1 aliphatic rings. The van der Waals surface area contributed by atoms with Crippen LogP contribution in [-0.2, 0) is 9.53 Å². The van der Waals surface area contributed by atoms with E-state index in [0.717, 1.165) is 24.0 Å². The van der Waals surface area contributed by atoms with Gasteiger partial charge in [-0.05, 0) is 39.5 Å². The standard InChI is InChI=1S/C17H26O2/c1-14(2)15(3)17(18)19-13-9-5-4-6-10-16-11-7-8-12-16/h7-8,11-12,16H,4-6,9-10,13H2,1-3H3. The molecule has 2 heteroatoms. The van der Waals surface area contributed by atoms with Gasteiger partial charge in [-0.15, -0.1) is 0 Å². The van der Waals surface area contributed by atoms with Crippen LogP contribution in [0.1, 0.15) is 52.9 Å². The van der Waals surface area contributed by atoms with Crippen LogP contribution in [-0.4, -0.2) is 12.6 Å². The predicted octanol–water partition coefficient (Wildman–Crippen LogP) is 4.58. The fourth-order valence-corrected chi connectivity index (χ4v) is 1.98. The monoisotopic (exact) mass is 262 g/mol. The SMILES string of the molecule is CC(C)=C(C)C(=O)OCCCCCCC1C=CC=C1. The second kappa shape index (κ2) is 8.73. The molecular formula is C17H26O2. The summed E-state index contributed by atoms with van der Waals surface area (Å²) in [6.07, 6.45) is 14.6. The summed E-state index contributed by atoms with van der Waals surface area (Å²) >= 11 is 0. The molecule has 0 aromatic rings. The summed E-state index contributed by atoms with van der Waals surface area (Å²) in [6.45, 7) is 6.23. The number of carbonyl (C=O) groups excluding carboxylic acids is 1. The van der Waals surface area contributed by atoms with Crippen LogP contribution in [0.3, 0.4) is 0 Å². The Kier molecular flexibility index (Phi) is 7.24. The summed E-state index contributed by atoms with van der Waals surface area (Å²) < 4.78 is 5.23. The number of hydrogen-bond donors (Lipinski definition) is 0. The second-order valence-electron chi connectivity index (χ2n) is 5.40. The minimum Gasteiger partial charge on any atom is -0.462 e. The van der Waals surface area contributed by atoms with Gasteiger partial charge < -0.3 is 4.74 Å². The van der Waals surface area contributed by atoms with Gasteiger partial charge in [0, 0.05) is 5.57 Å². The van der Waals surface area contributed by atoms with E-state index in [1.165, 1.54) is 19.3 Å². The van der Waals surface area contributed by atoms with Crippen molar-refractivity contribution in [1.82, 2.24) is 0 Å². The van der Waals surface area contributed by atoms with Crippen LogP contribution in [0, 0.1) is 5.92 Å². The average Bonchev–Trinajstić information content (AvgIpc) is 2.89. The molecule has 19 heavy (non-hydrogen) atoms. The molecule has 0 atom stereocenters. The normalized spacial score (nSPS) is 13.8. The van der Waals surface area contributed by atoms with Crippen molar-refractivity contribution in [2.75, 3.05) is 6.61 Å². The maximum absolute atomic E-state index is 11.6. The fraction of sp³-hybridized carbons (Fsp3) is 0.588.